The number of fused-ring (bicyclic) bond motifs is 5. The van der Waals surface area contributed by atoms with Gasteiger partial charge in [0, 0.05) is 42.1 Å². The number of hydrogen-bond acceptors (Lipinski definition) is 5. The highest BCUT2D eigenvalue weighted by Gasteiger charge is 2.26. The molecule has 1 atom stereocenters. The Balaban J connectivity index is 0.995. The highest BCUT2D eigenvalue weighted by atomic mass is 15.2. The van der Waals surface area contributed by atoms with Crippen LogP contribution in [-0.2, 0) is 0 Å². The smallest absolute Gasteiger partial charge is 0.137 e. The highest BCUT2D eigenvalue weighted by molar-refractivity contribution is 6.22. The van der Waals surface area contributed by atoms with Crippen molar-refractivity contribution >= 4 is 43.8 Å². The van der Waals surface area contributed by atoms with Gasteiger partial charge in [0.15, 0.2) is 0 Å². The maximum Gasteiger partial charge on any atom is 0.137 e. The summed E-state index contributed by atoms with van der Waals surface area (Å²) in [6.07, 6.45) is 16.3. The van der Waals surface area contributed by atoms with Crippen LogP contribution >= 0.6 is 0 Å². The molecule has 0 bridgehead atoms. The first-order valence-corrected chi connectivity index (χ1v) is 20.3. The molecule has 10 aromatic rings. The van der Waals surface area contributed by atoms with Gasteiger partial charge < -0.3 is 9.30 Å². The van der Waals surface area contributed by atoms with Gasteiger partial charge in [0.25, 0.3) is 0 Å². The molecule has 2 aliphatic rings. The zero-order valence-corrected chi connectivity index (χ0v) is 32.5. The van der Waals surface area contributed by atoms with E-state index in [1.165, 1.54) is 21.9 Å². The topological polar surface area (TPSA) is 58.7 Å². The zero-order chi connectivity index (χ0) is 39.6. The van der Waals surface area contributed by atoms with Crippen LogP contribution in [0.3, 0.4) is 0 Å². The fourth-order valence-corrected chi connectivity index (χ4v) is 8.99. The lowest BCUT2D eigenvalue weighted by atomic mass is 9.85. The van der Waals surface area contributed by atoms with Crippen LogP contribution in [0.2, 0.25) is 0 Å². The molecule has 6 nitrogen and oxygen atoms in total. The van der Waals surface area contributed by atoms with Crippen LogP contribution in [0.5, 0.6) is 0 Å². The number of imidazole rings is 1. The van der Waals surface area contributed by atoms with Gasteiger partial charge >= 0.3 is 0 Å². The van der Waals surface area contributed by atoms with Crippen LogP contribution in [0.15, 0.2) is 206 Å². The third kappa shape index (κ3) is 5.80. The average molecular weight is 769 g/mol. The van der Waals surface area contributed by atoms with Crippen LogP contribution in [0.4, 0.5) is 0 Å². The van der Waals surface area contributed by atoms with Gasteiger partial charge in [-0.05, 0) is 114 Å². The van der Waals surface area contributed by atoms with E-state index in [0.717, 1.165) is 90.0 Å². The summed E-state index contributed by atoms with van der Waals surface area (Å²) in [4.78, 5) is 22.1. The van der Waals surface area contributed by atoms with Gasteiger partial charge in [-0.15, -0.1) is 0 Å². The van der Waals surface area contributed by atoms with Gasteiger partial charge in [-0.3, -0.25) is 15.0 Å². The number of pyridine rings is 3. The van der Waals surface area contributed by atoms with Crippen molar-refractivity contribution in [3.63, 3.8) is 0 Å². The van der Waals surface area contributed by atoms with Crippen molar-refractivity contribution in [3.05, 3.63) is 207 Å². The molecule has 0 saturated carbocycles. The zero-order valence-electron chi connectivity index (χ0n) is 32.5. The Morgan fingerprint density at radius 1 is 0.500 bits per heavy atom. The molecule has 1 unspecified atom stereocenters. The van der Waals surface area contributed by atoms with Crippen molar-refractivity contribution in [1.82, 2.24) is 24.3 Å². The predicted molar refractivity (Wildman–Crippen MR) is 246 cm³/mol. The molecule has 6 heteroatoms. The molecular formula is C54H36N6. The normalized spacial score (nSPS) is 14.7. The Kier molecular flexibility index (Phi) is 7.88. The van der Waals surface area contributed by atoms with Crippen molar-refractivity contribution in [3.8, 4) is 55.9 Å². The second kappa shape index (κ2) is 13.9. The summed E-state index contributed by atoms with van der Waals surface area (Å²) >= 11 is 0. The first kappa shape index (κ1) is 34.1. The monoisotopic (exact) mass is 768 g/mol. The van der Waals surface area contributed by atoms with Crippen LogP contribution in [0.25, 0.3) is 93.9 Å². The summed E-state index contributed by atoms with van der Waals surface area (Å²) in [6, 6.07) is 54.5. The van der Waals surface area contributed by atoms with Gasteiger partial charge in [0.2, 0.25) is 0 Å². The van der Waals surface area contributed by atoms with E-state index in [1.54, 1.807) is 0 Å². The molecule has 0 fully saturated rings. The molecule has 60 heavy (non-hydrogen) atoms. The molecule has 0 radical (unpaired) electrons. The summed E-state index contributed by atoms with van der Waals surface area (Å²) in [7, 11) is 0. The number of aliphatic imine (C=N–C) groups is 1. The summed E-state index contributed by atoms with van der Waals surface area (Å²) in [5.41, 5.74) is 12.7. The van der Waals surface area contributed by atoms with Gasteiger partial charge in [0.05, 0.1) is 17.9 Å². The van der Waals surface area contributed by atoms with Crippen molar-refractivity contribution in [1.29, 1.82) is 0 Å². The second-order valence-electron chi connectivity index (χ2n) is 15.5. The van der Waals surface area contributed by atoms with E-state index in [-0.39, 0.29) is 6.04 Å². The first-order valence-electron chi connectivity index (χ1n) is 20.3. The van der Waals surface area contributed by atoms with Gasteiger partial charge in [-0.2, -0.15) is 0 Å². The Bertz CT molecular complexity index is 3360. The van der Waals surface area contributed by atoms with Crippen molar-refractivity contribution in [2.24, 2.45) is 4.99 Å². The number of benzene rings is 6. The van der Waals surface area contributed by atoms with Crippen LogP contribution in [-0.4, -0.2) is 36.6 Å². The highest BCUT2D eigenvalue weighted by Crippen LogP contribution is 2.45. The lowest BCUT2D eigenvalue weighted by molar-refractivity contribution is 0.543. The van der Waals surface area contributed by atoms with E-state index in [9.17, 15) is 0 Å². The molecule has 12 rings (SSSR count). The van der Waals surface area contributed by atoms with Crippen LogP contribution < -0.4 is 0 Å². The lowest BCUT2D eigenvalue weighted by Gasteiger charge is -2.19. The summed E-state index contributed by atoms with van der Waals surface area (Å²) < 4.78 is 2.03. The third-order valence-corrected chi connectivity index (χ3v) is 12.0. The Morgan fingerprint density at radius 3 is 1.92 bits per heavy atom. The van der Waals surface area contributed by atoms with Crippen LogP contribution in [0, 0.1) is 0 Å². The van der Waals surface area contributed by atoms with E-state index in [2.05, 4.69) is 157 Å². The molecule has 0 saturated heterocycles. The first-order chi connectivity index (χ1) is 29.7. The van der Waals surface area contributed by atoms with E-state index in [0.29, 0.717) is 0 Å². The van der Waals surface area contributed by atoms with Crippen molar-refractivity contribution in [2.75, 3.05) is 6.54 Å². The van der Waals surface area contributed by atoms with Crippen molar-refractivity contribution in [2.45, 2.75) is 6.04 Å². The number of amidine groups is 1. The van der Waals surface area contributed by atoms with E-state index >= 15 is 0 Å². The van der Waals surface area contributed by atoms with E-state index < -0.39 is 0 Å². The van der Waals surface area contributed by atoms with Gasteiger partial charge in [-0.1, -0.05) is 121 Å². The summed E-state index contributed by atoms with van der Waals surface area (Å²) in [5, 5.41) is 7.14. The molecule has 2 aliphatic heterocycles. The number of aromatic nitrogens is 4. The molecule has 0 aliphatic carbocycles. The maximum atomic E-state index is 5.08. The Labute approximate surface area is 346 Å². The number of rotatable bonds is 6. The molecule has 282 valence electrons. The fraction of sp³-hybridized carbons (Fsp3) is 0.0370. The van der Waals surface area contributed by atoms with E-state index in [4.69, 9.17) is 19.9 Å². The average Bonchev–Trinajstić information content (AvgIpc) is 3.96. The Hall–Kier alpha value is -7.96. The number of hydrogen-bond donors (Lipinski definition) is 0. The fourth-order valence-electron chi connectivity index (χ4n) is 8.99. The third-order valence-electron chi connectivity index (χ3n) is 12.0. The largest absolute Gasteiger partial charge is 0.331 e. The van der Waals surface area contributed by atoms with Crippen molar-refractivity contribution < 1.29 is 0 Å². The van der Waals surface area contributed by atoms with Gasteiger partial charge in [0.1, 0.15) is 23.2 Å². The van der Waals surface area contributed by atoms with Crippen LogP contribution in [0.1, 0.15) is 11.7 Å². The molecule has 6 aromatic carbocycles. The maximum absolute atomic E-state index is 5.08. The quantitative estimate of drug-likeness (QED) is 0.158. The minimum atomic E-state index is -0.0162. The molecule has 6 heterocycles. The molecule has 4 aromatic heterocycles. The predicted octanol–water partition coefficient (Wildman–Crippen LogP) is 12.8. The number of nitrogens with zero attached hydrogens (tertiary/aromatic N) is 6. The summed E-state index contributed by atoms with van der Waals surface area (Å²) in [5.74, 6) is 0.986. The molecule has 0 spiro atoms. The lowest BCUT2D eigenvalue weighted by Crippen LogP contribution is -2.22. The standard InChI is InChI=1S/C54H36N6/c1-2-10-38-29-39(20-19-35(38)9-1)36-15-17-37(18-16-36)40-21-24-45-46(30-40)54(42-23-26-48(56-32-42)50-34-60-28-8-6-14-52(60)58-50)44-12-4-3-11-43(44)53(45)41-22-25-47(55-31-41)49-33-59-27-7-5-13-51(59)57-49/h1-33,50H,34H2. The Morgan fingerprint density at radius 2 is 1.17 bits per heavy atom. The number of allylic oxidation sites excluding steroid dienone is 2. The second-order valence-corrected chi connectivity index (χ2v) is 15.5. The van der Waals surface area contributed by atoms with Gasteiger partial charge in [-0.25, -0.2) is 4.98 Å². The molecule has 0 N–H and O–H groups in total. The molecule has 0 amide bonds. The SMILES string of the molecule is C1=CC2=NC(c3ccc(-c4c5ccccc5c(-c5ccc(-c6cn7ccccc7n6)nc5)c5ccc(-c6ccc(-c7ccc8ccccc8c7)cc6)cc45)cn3)CN2C=C1. The minimum Gasteiger partial charge on any atom is -0.331 e. The summed E-state index contributed by atoms with van der Waals surface area (Å²) in [6.45, 7) is 0.788. The van der Waals surface area contributed by atoms with E-state index in [1.807, 2.05) is 53.5 Å². The molecular weight excluding hydrogens is 733 g/mol. The minimum absolute atomic E-state index is 0.0162.